The van der Waals surface area contributed by atoms with Crippen molar-refractivity contribution >= 4 is 5.69 Å². The molecule has 0 radical (unpaired) electrons. The van der Waals surface area contributed by atoms with Crippen molar-refractivity contribution in [3.05, 3.63) is 22.5 Å². The van der Waals surface area contributed by atoms with Gasteiger partial charge in [-0.25, -0.2) is 9.37 Å². The van der Waals surface area contributed by atoms with E-state index in [0.29, 0.717) is 0 Å². The third-order valence-corrected chi connectivity index (χ3v) is 3.60. The van der Waals surface area contributed by atoms with Crippen LogP contribution in [-0.4, -0.2) is 11.0 Å². The van der Waals surface area contributed by atoms with Crippen LogP contribution < -0.4 is 11.1 Å². The molecule has 1 aromatic rings. The van der Waals surface area contributed by atoms with Crippen LogP contribution in [0.4, 0.5) is 10.1 Å². The summed E-state index contributed by atoms with van der Waals surface area (Å²) in [7, 11) is 0. The van der Waals surface area contributed by atoms with Crippen LogP contribution in [0.2, 0.25) is 0 Å². The Bertz CT molecular complexity index is 539. The van der Waals surface area contributed by atoms with Crippen molar-refractivity contribution in [3.63, 3.8) is 0 Å². The molecule has 4 nitrogen and oxygen atoms in total. The van der Waals surface area contributed by atoms with Gasteiger partial charge in [-0.3, -0.25) is 5.73 Å². The lowest BCUT2D eigenvalue weighted by Gasteiger charge is -2.19. The summed E-state index contributed by atoms with van der Waals surface area (Å²) in [5.74, 6) is -1.93. The van der Waals surface area contributed by atoms with Crippen LogP contribution in [0.3, 0.4) is 0 Å². The van der Waals surface area contributed by atoms with Gasteiger partial charge in [0.1, 0.15) is 11.8 Å². The molecule has 1 aliphatic heterocycles. The van der Waals surface area contributed by atoms with Crippen LogP contribution in [0.25, 0.3) is 0 Å². The molecule has 2 rings (SSSR count). The molecule has 0 fully saturated rings. The topological polar surface area (TPSA) is 74.7 Å². The van der Waals surface area contributed by atoms with Crippen LogP contribution in [-0.2, 0) is 5.79 Å². The number of hydrogen-bond acceptors (Lipinski definition) is 4. The summed E-state index contributed by atoms with van der Waals surface area (Å²) in [5, 5.41) is 12.5. The molecule has 0 saturated carbocycles. The summed E-state index contributed by atoms with van der Waals surface area (Å²) < 4.78 is 14.0. The number of rotatable bonds is 1. The van der Waals surface area contributed by atoms with Gasteiger partial charge in [0, 0.05) is 12.0 Å². The van der Waals surface area contributed by atoms with Crippen LogP contribution in [0.5, 0.6) is 0 Å². The Morgan fingerprint density at radius 3 is 2.61 bits per heavy atom. The fourth-order valence-electron chi connectivity index (χ4n) is 2.32. The van der Waals surface area contributed by atoms with Gasteiger partial charge in [0.15, 0.2) is 5.79 Å². The fraction of sp³-hybridized carbons (Fsp3) is 0.538. The van der Waals surface area contributed by atoms with Crippen molar-refractivity contribution in [1.29, 1.82) is 5.26 Å². The average Bonchev–Trinajstić information content (AvgIpc) is 2.55. The molecule has 2 heterocycles. The number of hydrogen-bond donors (Lipinski definition) is 2. The number of anilines is 1. The summed E-state index contributed by atoms with van der Waals surface area (Å²) in [6.45, 7) is 7.08. The zero-order valence-electron chi connectivity index (χ0n) is 11.0. The van der Waals surface area contributed by atoms with Crippen LogP contribution in [0.15, 0.2) is 0 Å². The van der Waals surface area contributed by atoms with E-state index in [-0.39, 0.29) is 23.2 Å². The third kappa shape index (κ3) is 1.73. The van der Waals surface area contributed by atoms with E-state index in [1.54, 1.807) is 6.92 Å². The molecule has 0 aromatic carbocycles. The Balaban J connectivity index is 2.74. The highest BCUT2D eigenvalue weighted by molar-refractivity contribution is 5.66. The molecule has 0 spiro atoms. The quantitative estimate of drug-likeness (QED) is 0.748. The van der Waals surface area contributed by atoms with Gasteiger partial charge in [0.25, 0.3) is 0 Å². The number of nitriles is 1. The number of aromatic nitrogens is 1. The zero-order valence-corrected chi connectivity index (χ0v) is 11.0. The van der Waals surface area contributed by atoms with E-state index in [1.165, 1.54) is 6.92 Å². The first-order chi connectivity index (χ1) is 8.27. The lowest BCUT2D eigenvalue weighted by Crippen LogP contribution is -2.30. The number of nitrogens with zero attached hydrogens (tertiary/aromatic N) is 2. The van der Waals surface area contributed by atoms with Gasteiger partial charge in [-0.05, 0) is 26.3 Å². The smallest absolute Gasteiger partial charge is 0.200 e. The monoisotopic (exact) mass is 248 g/mol. The molecular weight excluding hydrogens is 231 g/mol. The molecule has 1 aromatic heterocycles. The van der Waals surface area contributed by atoms with E-state index in [0.717, 1.165) is 16.9 Å². The predicted octanol–water partition coefficient (Wildman–Crippen LogP) is 2.28. The standard InChI is InChI=1S/C13H17FN4/c1-6-8(3)17-11-7(2)9(5-15)12(13(4,14)16)18-10(6)11/h6,8,17H,16H2,1-4H3. The first-order valence-electron chi connectivity index (χ1n) is 5.96. The van der Waals surface area contributed by atoms with E-state index in [4.69, 9.17) is 5.73 Å². The second-order valence-electron chi connectivity index (χ2n) is 5.13. The number of halogens is 1. The van der Waals surface area contributed by atoms with Gasteiger partial charge in [0.2, 0.25) is 0 Å². The molecule has 96 valence electrons. The first kappa shape index (κ1) is 12.8. The van der Waals surface area contributed by atoms with Crippen molar-refractivity contribution in [1.82, 2.24) is 4.98 Å². The normalized spacial score (nSPS) is 24.9. The average molecular weight is 248 g/mol. The summed E-state index contributed by atoms with van der Waals surface area (Å²) in [6, 6.07) is 2.23. The van der Waals surface area contributed by atoms with Crippen molar-refractivity contribution < 1.29 is 4.39 Å². The molecular formula is C13H17FN4. The Morgan fingerprint density at radius 1 is 1.50 bits per heavy atom. The Morgan fingerprint density at radius 2 is 2.11 bits per heavy atom. The number of alkyl halides is 1. The summed E-state index contributed by atoms with van der Waals surface area (Å²) >= 11 is 0. The predicted molar refractivity (Wildman–Crippen MR) is 67.8 cm³/mol. The lowest BCUT2D eigenvalue weighted by molar-refractivity contribution is 0.195. The maximum Gasteiger partial charge on any atom is 0.200 e. The molecule has 3 N–H and O–H groups in total. The van der Waals surface area contributed by atoms with Gasteiger partial charge in [-0.1, -0.05) is 6.92 Å². The fourth-order valence-corrected chi connectivity index (χ4v) is 2.32. The maximum absolute atomic E-state index is 14.0. The lowest BCUT2D eigenvalue weighted by atomic mass is 9.97. The van der Waals surface area contributed by atoms with E-state index in [2.05, 4.69) is 10.3 Å². The van der Waals surface area contributed by atoms with Crippen LogP contribution >= 0.6 is 0 Å². The van der Waals surface area contributed by atoms with Gasteiger partial charge < -0.3 is 5.32 Å². The molecule has 0 bridgehead atoms. The molecule has 0 saturated heterocycles. The number of nitrogens with two attached hydrogens (primary N) is 1. The second-order valence-corrected chi connectivity index (χ2v) is 5.13. The largest absolute Gasteiger partial charge is 0.380 e. The molecule has 18 heavy (non-hydrogen) atoms. The Labute approximate surface area is 106 Å². The highest BCUT2D eigenvalue weighted by Crippen LogP contribution is 2.39. The van der Waals surface area contributed by atoms with Crippen molar-refractivity contribution in [3.8, 4) is 6.07 Å². The van der Waals surface area contributed by atoms with Gasteiger partial charge in [0.05, 0.1) is 16.9 Å². The van der Waals surface area contributed by atoms with Crippen molar-refractivity contribution in [2.75, 3.05) is 5.32 Å². The second kappa shape index (κ2) is 3.92. The molecule has 3 atom stereocenters. The van der Waals surface area contributed by atoms with Gasteiger partial charge >= 0.3 is 0 Å². The maximum atomic E-state index is 14.0. The van der Waals surface area contributed by atoms with E-state index in [1.807, 2.05) is 19.9 Å². The number of pyridine rings is 1. The minimum absolute atomic E-state index is 0.0315. The number of fused-ring (bicyclic) bond motifs is 1. The Kier molecular flexibility index (Phi) is 2.78. The molecule has 0 amide bonds. The van der Waals surface area contributed by atoms with E-state index >= 15 is 0 Å². The van der Waals surface area contributed by atoms with Crippen molar-refractivity contribution in [2.24, 2.45) is 5.73 Å². The van der Waals surface area contributed by atoms with Crippen molar-refractivity contribution in [2.45, 2.75) is 45.4 Å². The van der Waals surface area contributed by atoms with E-state index < -0.39 is 5.79 Å². The minimum atomic E-state index is -2.10. The Hall–Kier alpha value is -1.67. The third-order valence-electron chi connectivity index (χ3n) is 3.60. The zero-order chi connectivity index (χ0) is 13.7. The highest BCUT2D eigenvalue weighted by atomic mass is 19.1. The summed E-state index contributed by atoms with van der Waals surface area (Å²) in [5.41, 5.74) is 8.11. The SMILES string of the molecule is Cc1c(C#N)c(C(C)(N)F)nc2c1NC(C)C2C. The number of nitrogens with one attached hydrogen (secondary N) is 1. The molecule has 5 heteroatoms. The molecule has 3 unspecified atom stereocenters. The first-order valence-corrected chi connectivity index (χ1v) is 5.96. The minimum Gasteiger partial charge on any atom is -0.380 e. The molecule has 0 aliphatic carbocycles. The van der Waals surface area contributed by atoms with Crippen LogP contribution in [0, 0.1) is 18.3 Å². The summed E-state index contributed by atoms with van der Waals surface area (Å²) in [4.78, 5) is 4.30. The summed E-state index contributed by atoms with van der Waals surface area (Å²) in [6.07, 6.45) is 0. The van der Waals surface area contributed by atoms with E-state index in [9.17, 15) is 9.65 Å². The highest BCUT2D eigenvalue weighted by Gasteiger charge is 2.34. The van der Waals surface area contributed by atoms with Gasteiger partial charge in [-0.2, -0.15) is 5.26 Å². The van der Waals surface area contributed by atoms with Crippen LogP contribution in [0.1, 0.15) is 49.2 Å². The molecule has 1 aliphatic rings. The van der Waals surface area contributed by atoms with Gasteiger partial charge in [-0.15, -0.1) is 0 Å².